The van der Waals surface area contributed by atoms with Gasteiger partial charge in [0.25, 0.3) is 0 Å². The first kappa shape index (κ1) is 72.6. The monoisotopic (exact) mass is 897 g/mol. The second-order valence-corrected chi connectivity index (χ2v) is 17.4. The van der Waals surface area contributed by atoms with Gasteiger partial charge in [0.05, 0.1) is 43.6 Å². The van der Waals surface area contributed by atoms with Crippen LogP contribution in [-0.4, -0.2) is 50.8 Å². The van der Waals surface area contributed by atoms with E-state index in [1.54, 1.807) is 55.4 Å². The van der Waals surface area contributed by atoms with E-state index < -0.39 is 41.6 Å². The molecule has 0 fully saturated rings. The quantitative estimate of drug-likeness (QED) is 0.0544. The van der Waals surface area contributed by atoms with Crippen LogP contribution in [0.4, 0.5) is 0 Å². The van der Waals surface area contributed by atoms with Crippen molar-refractivity contribution in [3.05, 3.63) is 0 Å². The molecule has 348 valence electrons. The van der Waals surface area contributed by atoms with Gasteiger partial charge in [-0.3, -0.25) is 0 Å². The molecule has 0 amide bonds. The van der Waals surface area contributed by atoms with Gasteiger partial charge in [-0.2, -0.15) is 0 Å². The molecule has 0 N–H and O–H groups in total. The molecule has 0 saturated heterocycles. The molecule has 13 heteroatoms. The number of rotatable bonds is 28. The Morgan fingerprint density at radius 2 is 0.509 bits per heavy atom. The maximum absolute atomic E-state index is 11.7. The van der Waals surface area contributed by atoms with Crippen LogP contribution < -0.4 is 30.2 Å². The molecule has 0 aromatic rings. The molecule has 0 aromatic carbocycles. The number of hydrogen-bond donors (Lipinski definition) is 0. The first-order valence-electron chi connectivity index (χ1n) is 22.4. The first-order valence-corrected chi connectivity index (χ1v) is 24.6. The van der Waals surface area contributed by atoms with Crippen LogP contribution in [-0.2, 0) is 39.8 Å². The zero-order valence-electron chi connectivity index (χ0n) is 42.2. The summed E-state index contributed by atoms with van der Waals surface area (Å²) in [5.74, 6) is 2.05. The fourth-order valence-corrected chi connectivity index (χ4v) is 5.81. The van der Waals surface area contributed by atoms with Crippen molar-refractivity contribution in [3.63, 3.8) is 0 Å². The van der Waals surface area contributed by atoms with E-state index in [0.717, 1.165) is 51.4 Å². The fourth-order valence-electron chi connectivity index (χ4n) is 4.33. The van der Waals surface area contributed by atoms with Gasteiger partial charge in [0.2, 0.25) is 0 Å². The van der Waals surface area contributed by atoms with Gasteiger partial charge in [-0.25, -0.2) is 0 Å². The summed E-state index contributed by atoms with van der Waals surface area (Å²) in [6, 6.07) is 0. The predicted octanol–water partition coefficient (Wildman–Crippen LogP) is 9.32. The Kier molecular flexibility index (Phi) is 75.5. The summed E-state index contributed by atoms with van der Waals surface area (Å²) in [7, 11) is -3.87. The zero-order chi connectivity index (χ0) is 44.7. The van der Waals surface area contributed by atoms with Crippen LogP contribution in [0.3, 0.4) is 0 Å². The summed E-state index contributed by atoms with van der Waals surface area (Å²) in [4.78, 5) is 23.5. The average Bonchev–Trinajstić information content (AvgIpc) is 3.11. The van der Waals surface area contributed by atoms with Crippen molar-refractivity contribution in [3.8, 4) is 0 Å². The standard InChI is InChI=1S/2C16H34O3P.4C3H7O.Ti/c2*1-5-9-11-15(7-3)13-18-20(17)19-14-16(8-4)12-10-6-2;4*1-3(2)4;/h2*15-16H,5-14H2,1-4H3;4*3H,1-2H3;/q6*-1;+4/p+2. The van der Waals surface area contributed by atoms with Gasteiger partial charge in [-0.05, 0) is 49.4 Å². The van der Waals surface area contributed by atoms with E-state index in [1.807, 2.05) is 0 Å². The predicted molar refractivity (Wildman–Crippen MR) is 234 cm³/mol. The molecule has 0 aliphatic carbocycles. The van der Waals surface area contributed by atoms with Gasteiger partial charge in [0, 0.05) is 0 Å². The zero-order valence-corrected chi connectivity index (χ0v) is 43.6. The molecule has 4 atom stereocenters. The molecular formula is C44H98O10P2Ti. The van der Waals surface area contributed by atoms with E-state index in [-0.39, 0.29) is 24.6 Å². The van der Waals surface area contributed by atoms with Crippen molar-refractivity contribution in [1.29, 1.82) is 0 Å². The van der Waals surface area contributed by atoms with E-state index >= 15 is 0 Å². The second kappa shape index (κ2) is 59.3. The van der Waals surface area contributed by atoms with Crippen LogP contribution >= 0.6 is 17.2 Å². The minimum absolute atomic E-state index is 0. The minimum Gasteiger partial charge on any atom is -0.852 e. The largest absolute Gasteiger partial charge is 4.00 e. The van der Waals surface area contributed by atoms with E-state index in [1.165, 1.54) is 51.4 Å². The van der Waals surface area contributed by atoms with Crippen LogP contribution in [0.25, 0.3) is 0 Å². The third-order valence-electron chi connectivity index (χ3n) is 7.84. The molecule has 0 heterocycles. The Hall–Kier alpha value is 1.17. The number of hydrogen-bond acceptors (Lipinski definition) is 10. The summed E-state index contributed by atoms with van der Waals surface area (Å²) < 4.78 is 21.5. The van der Waals surface area contributed by atoms with E-state index in [9.17, 15) is 30.2 Å². The van der Waals surface area contributed by atoms with E-state index in [4.69, 9.17) is 18.1 Å². The maximum atomic E-state index is 11.7. The van der Waals surface area contributed by atoms with Crippen LogP contribution in [0, 0.1) is 23.7 Å². The molecule has 0 spiro atoms. The van der Waals surface area contributed by atoms with Gasteiger partial charge in [0.1, 0.15) is 0 Å². The molecular weight excluding hydrogens is 798 g/mol. The molecule has 0 bridgehead atoms. The smallest absolute Gasteiger partial charge is 0.852 e. The van der Waals surface area contributed by atoms with E-state index in [2.05, 4.69) is 55.4 Å². The SMILES string of the molecule is CC(C)[O-].CC(C)[O-].CC(C)[O-].CC(C)[O-].CCCCC(CC)COP([O-])OCC(CC)CCCC.CCCCC(CC)COP([O-])OCC(CC)CCCC.[H+].[H+].[Ti+4]. The molecule has 0 saturated carbocycles. The molecule has 0 rings (SSSR count). The van der Waals surface area contributed by atoms with Crippen molar-refractivity contribution in [1.82, 2.24) is 0 Å². The Morgan fingerprint density at radius 3 is 0.614 bits per heavy atom. The molecule has 0 aromatic heterocycles. The summed E-state index contributed by atoms with van der Waals surface area (Å²) in [6.45, 7) is 32.6. The third-order valence-corrected chi connectivity index (χ3v) is 9.28. The van der Waals surface area contributed by atoms with Crippen LogP contribution in [0.5, 0.6) is 0 Å². The molecule has 4 unspecified atom stereocenters. The maximum Gasteiger partial charge on any atom is 4.00 e. The van der Waals surface area contributed by atoms with Gasteiger partial charge >= 0.3 is 24.6 Å². The molecule has 57 heavy (non-hydrogen) atoms. The van der Waals surface area contributed by atoms with Gasteiger partial charge in [0.15, 0.2) is 0 Å². The Labute approximate surface area is 376 Å². The van der Waals surface area contributed by atoms with Crippen LogP contribution in [0.15, 0.2) is 0 Å². The second-order valence-electron chi connectivity index (χ2n) is 15.5. The average molecular weight is 897 g/mol. The van der Waals surface area contributed by atoms with Crippen molar-refractivity contribution in [2.24, 2.45) is 23.7 Å². The van der Waals surface area contributed by atoms with Crippen molar-refractivity contribution in [2.45, 2.75) is 238 Å². The topological polar surface area (TPSA) is 175 Å². The van der Waals surface area contributed by atoms with Crippen molar-refractivity contribution < 1.29 is 72.9 Å². The summed E-state index contributed by atoms with van der Waals surface area (Å²) in [5, 5.41) is 38.1. The van der Waals surface area contributed by atoms with Crippen LogP contribution in [0.1, 0.15) is 216 Å². The minimum atomic E-state index is -1.94. The molecule has 0 aliphatic heterocycles. The van der Waals surface area contributed by atoms with E-state index in [0.29, 0.717) is 50.1 Å². The Morgan fingerprint density at radius 1 is 0.368 bits per heavy atom. The first-order chi connectivity index (χ1) is 26.3. The summed E-state index contributed by atoms with van der Waals surface area (Å²) >= 11 is 0. The van der Waals surface area contributed by atoms with Crippen molar-refractivity contribution >= 4 is 17.2 Å². The van der Waals surface area contributed by atoms with Crippen molar-refractivity contribution in [2.75, 3.05) is 26.4 Å². The van der Waals surface area contributed by atoms with Gasteiger partial charge < -0.3 is 48.3 Å². The molecule has 10 nitrogen and oxygen atoms in total. The molecule has 0 radical (unpaired) electrons. The summed E-state index contributed by atoms with van der Waals surface area (Å²) in [5.41, 5.74) is 0. The van der Waals surface area contributed by atoms with Gasteiger partial charge in [-0.15, -0.1) is 24.4 Å². The Bertz CT molecular complexity index is 566. The third kappa shape index (κ3) is 85.3. The molecule has 0 aliphatic rings. The summed E-state index contributed by atoms with van der Waals surface area (Å²) in [6.07, 6.45) is 17.0. The fraction of sp³-hybridized carbons (Fsp3) is 1.00. The van der Waals surface area contributed by atoms with Crippen LogP contribution in [0.2, 0.25) is 0 Å². The number of unbranched alkanes of at least 4 members (excludes halogenated alkanes) is 4. The normalized spacial score (nSPS) is 13.8. The van der Waals surface area contributed by atoms with Gasteiger partial charge in [-0.1, -0.05) is 188 Å². The Balaban J connectivity index is -0.0000000852.